The molecule has 3 rings (SSSR count). The molecule has 1 fully saturated rings. The summed E-state index contributed by atoms with van der Waals surface area (Å²) in [7, 11) is 0. The van der Waals surface area contributed by atoms with Crippen LogP contribution in [0.5, 0.6) is 0 Å². The number of hydrogen-bond donors (Lipinski definition) is 2. The van der Waals surface area contributed by atoms with E-state index in [-0.39, 0.29) is 5.91 Å². The molecule has 7 heteroatoms. The summed E-state index contributed by atoms with van der Waals surface area (Å²) in [5.74, 6) is -1.86. The van der Waals surface area contributed by atoms with Crippen molar-refractivity contribution in [2.75, 3.05) is 29.9 Å². The molecule has 1 aromatic carbocycles. The highest BCUT2D eigenvalue weighted by Crippen LogP contribution is 2.35. The number of aryl methyl sites for hydroxylation is 1. The number of benzene rings is 1. The highest BCUT2D eigenvalue weighted by atomic mass is 19.3. The minimum Gasteiger partial charge on any atom is -0.371 e. The Morgan fingerprint density at radius 1 is 1.11 bits per heavy atom. The van der Waals surface area contributed by atoms with E-state index in [1.165, 1.54) is 36.6 Å². The van der Waals surface area contributed by atoms with Crippen LogP contribution < -0.4 is 15.5 Å². The quantitative estimate of drug-likeness (QED) is 0.352. The van der Waals surface area contributed by atoms with Gasteiger partial charge < -0.3 is 15.5 Å². The van der Waals surface area contributed by atoms with Gasteiger partial charge in [0.2, 0.25) is 11.8 Å². The van der Waals surface area contributed by atoms with Gasteiger partial charge in [-0.3, -0.25) is 4.79 Å². The van der Waals surface area contributed by atoms with Gasteiger partial charge in [-0.05, 0) is 69.9 Å². The number of alkyl halides is 2. The number of allylic oxidation sites excluding steroid dienone is 1. The van der Waals surface area contributed by atoms with Gasteiger partial charge in [0.05, 0.1) is 0 Å². The average Bonchev–Trinajstić information content (AvgIpc) is 3.37. The van der Waals surface area contributed by atoms with Crippen LogP contribution in [0.25, 0.3) is 5.57 Å². The molecule has 5 nitrogen and oxygen atoms in total. The summed E-state index contributed by atoms with van der Waals surface area (Å²) in [6.45, 7) is 16.2. The van der Waals surface area contributed by atoms with E-state index in [9.17, 15) is 13.6 Å². The Balaban J connectivity index is 0.000000751. The Morgan fingerprint density at radius 2 is 1.68 bits per heavy atom. The molecule has 2 N–H and O–H groups in total. The van der Waals surface area contributed by atoms with Crippen LogP contribution >= 0.6 is 0 Å². The summed E-state index contributed by atoms with van der Waals surface area (Å²) in [6, 6.07) is 10.4. The summed E-state index contributed by atoms with van der Waals surface area (Å²) in [6.07, 6.45) is 9.85. The lowest BCUT2D eigenvalue weighted by molar-refractivity contribution is -0.116. The first-order valence-corrected chi connectivity index (χ1v) is 13.1. The maximum absolute atomic E-state index is 11.8. The summed E-state index contributed by atoms with van der Waals surface area (Å²) in [4.78, 5) is 18.9. The van der Waals surface area contributed by atoms with Crippen LogP contribution in [-0.4, -0.2) is 36.4 Å². The first-order chi connectivity index (χ1) is 17.5. The van der Waals surface area contributed by atoms with Crippen LogP contribution in [0.2, 0.25) is 0 Å². The van der Waals surface area contributed by atoms with Crippen molar-refractivity contribution in [3.05, 3.63) is 66.4 Å². The Labute approximate surface area is 222 Å². The van der Waals surface area contributed by atoms with E-state index < -0.39 is 5.92 Å². The number of aromatic nitrogens is 1. The molecular weight excluding hydrogens is 470 g/mol. The van der Waals surface area contributed by atoms with Crippen molar-refractivity contribution in [3.63, 3.8) is 0 Å². The minimum absolute atomic E-state index is 0.174. The normalized spacial score (nSPS) is 13.1. The number of amides is 1. The van der Waals surface area contributed by atoms with Crippen LogP contribution in [0, 0.1) is 6.92 Å². The fourth-order valence-electron chi connectivity index (χ4n) is 3.62. The lowest BCUT2D eigenvalue weighted by Crippen LogP contribution is -2.25. The van der Waals surface area contributed by atoms with Gasteiger partial charge in [0.25, 0.3) is 0 Å². The van der Waals surface area contributed by atoms with Crippen molar-refractivity contribution in [3.8, 4) is 0 Å². The van der Waals surface area contributed by atoms with Gasteiger partial charge in [0, 0.05) is 42.8 Å². The fourth-order valence-corrected chi connectivity index (χ4v) is 3.62. The zero-order chi connectivity index (χ0) is 27.8. The number of pyridine rings is 1. The highest BCUT2D eigenvalue weighted by molar-refractivity contribution is 5.91. The molecule has 0 saturated carbocycles. The smallest absolute Gasteiger partial charge is 0.243 e. The van der Waals surface area contributed by atoms with Crippen LogP contribution in [0.4, 0.5) is 26.0 Å². The summed E-state index contributed by atoms with van der Waals surface area (Å²) in [5, 5.41) is 6.43. The molecule has 0 spiro atoms. The Morgan fingerprint density at radius 3 is 2.19 bits per heavy atom. The van der Waals surface area contributed by atoms with Gasteiger partial charge in [-0.25, -0.2) is 13.8 Å². The zero-order valence-corrected chi connectivity index (χ0v) is 23.3. The van der Waals surface area contributed by atoms with E-state index in [1.807, 2.05) is 6.20 Å². The molecule has 2 aromatic rings. The fraction of sp³-hybridized carbons (Fsp3) is 0.467. The first kappa shape index (κ1) is 31.8. The molecule has 0 bridgehead atoms. The number of anilines is 3. The average molecular weight is 515 g/mol. The van der Waals surface area contributed by atoms with Gasteiger partial charge in [0.15, 0.2) is 0 Å². The monoisotopic (exact) mass is 514 g/mol. The van der Waals surface area contributed by atoms with Crippen LogP contribution in [0.1, 0.15) is 71.4 Å². The molecule has 1 saturated heterocycles. The standard InChI is InChI=1S/C24H30N4O.C3H6F2.C3H8/c1-4-8-19(17-26-22(29)5-2)23-21(28-15-6-7-16-28)13-14-25-24(23)27-20-11-9-18(3)10-12-20;1-3(2,4)5;1-3-2/h5,8-14H,2,4,6-7,15-17H2,1,3H3,(H,25,27)(H,26,29);1-2H3;3H2,1-2H3/b19-8+;;. The van der Waals surface area contributed by atoms with E-state index in [0.29, 0.717) is 6.54 Å². The lowest BCUT2D eigenvalue weighted by atomic mass is 10.0. The third-order valence-electron chi connectivity index (χ3n) is 5.10. The lowest BCUT2D eigenvalue weighted by Gasteiger charge is -2.25. The molecule has 0 radical (unpaired) electrons. The number of hydrogen-bond acceptors (Lipinski definition) is 4. The maximum Gasteiger partial charge on any atom is 0.243 e. The van der Waals surface area contributed by atoms with E-state index in [0.717, 1.165) is 56.0 Å². The van der Waals surface area contributed by atoms with E-state index in [1.54, 1.807) is 0 Å². The molecule has 1 aliphatic rings. The number of halogens is 2. The highest BCUT2D eigenvalue weighted by Gasteiger charge is 2.21. The number of nitrogens with zero attached hydrogens (tertiary/aromatic N) is 2. The molecule has 37 heavy (non-hydrogen) atoms. The van der Waals surface area contributed by atoms with Crippen LogP contribution in [0.15, 0.2) is 55.3 Å². The van der Waals surface area contributed by atoms with Crippen LogP contribution in [0.3, 0.4) is 0 Å². The first-order valence-electron chi connectivity index (χ1n) is 13.1. The van der Waals surface area contributed by atoms with Gasteiger partial charge in [-0.1, -0.05) is 57.5 Å². The third kappa shape index (κ3) is 12.5. The second-order valence-electron chi connectivity index (χ2n) is 9.33. The van der Waals surface area contributed by atoms with Crippen molar-refractivity contribution in [1.82, 2.24) is 10.3 Å². The Bertz CT molecular complexity index is 986. The molecule has 0 atom stereocenters. The molecule has 1 aromatic heterocycles. The van der Waals surface area contributed by atoms with E-state index in [4.69, 9.17) is 0 Å². The number of carbonyl (C=O) groups excluding carboxylic acids is 1. The van der Waals surface area contributed by atoms with Gasteiger partial charge >= 0.3 is 0 Å². The van der Waals surface area contributed by atoms with Gasteiger partial charge in [-0.15, -0.1) is 0 Å². The molecular formula is C30H44F2N4O. The molecule has 1 amide bonds. The number of carbonyl (C=O) groups is 1. The van der Waals surface area contributed by atoms with Crippen LogP contribution in [-0.2, 0) is 4.79 Å². The Hall–Kier alpha value is -3.22. The van der Waals surface area contributed by atoms with Crippen molar-refractivity contribution in [2.45, 2.75) is 73.1 Å². The molecule has 1 aliphatic heterocycles. The largest absolute Gasteiger partial charge is 0.371 e. The minimum atomic E-state index is -2.50. The van der Waals surface area contributed by atoms with Crippen molar-refractivity contribution < 1.29 is 13.6 Å². The summed E-state index contributed by atoms with van der Waals surface area (Å²) < 4.78 is 22.0. The number of nitrogens with one attached hydrogen (secondary N) is 2. The third-order valence-corrected chi connectivity index (χ3v) is 5.10. The van der Waals surface area contributed by atoms with E-state index >= 15 is 0 Å². The van der Waals surface area contributed by atoms with Crippen molar-refractivity contribution in [1.29, 1.82) is 0 Å². The molecule has 204 valence electrons. The van der Waals surface area contributed by atoms with Crippen molar-refractivity contribution >= 4 is 28.7 Å². The van der Waals surface area contributed by atoms with E-state index in [2.05, 4.69) is 91.2 Å². The van der Waals surface area contributed by atoms with Gasteiger partial charge in [0.1, 0.15) is 5.82 Å². The maximum atomic E-state index is 11.8. The predicted molar refractivity (Wildman–Crippen MR) is 154 cm³/mol. The molecule has 2 heterocycles. The molecule has 0 aliphatic carbocycles. The second-order valence-corrected chi connectivity index (χ2v) is 9.33. The topological polar surface area (TPSA) is 57.3 Å². The molecule has 0 unspecified atom stereocenters. The SMILES string of the molecule is C=CC(=O)NC/C(=C\CC)c1c(N2CCCC2)ccnc1Nc1ccc(C)cc1.CC(C)(F)F.CCC. The predicted octanol–water partition coefficient (Wildman–Crippen LogP) is 7.91. The number of rotatable bonds is 8. The zero-order valence-electron chi connectivity index (χ0n) is 23.3. The summed E-state index contributed by atoms with van der Waals surface area (Å²) >= 11 is 0. The Kier molecular flexibility index (Phi) is 14.2. The summed E-state index contributed by atoms with van der Waals surface area (Å²) in [5.41, 5.74) is 5.50. The van der Waals surface area contributed by atoms with Crippen molar-refractivity contribution in [2.24, 2.45) is 0 Å². The van der Waals surface area contributed by atoms with Gasteiger partial charge in [-0.2, -0.15) is 0 Å². The second kappa shape index (κ2) is 16.5.